The van der Waals surface area contributed by atoms with Crippen molar-refractivity contribution in [2.75, 3.05) is 19.8 Å². The fourth-order valence-electron chi connectivity index (χ4n) is 1.64. The summed E-state index contributed by atoms with van der Waals surface area (Å²) in [5.41, 5.74) is 0. The van der Waals surface area contributed by atoms with Gasteiger partial charge in [0.15, 0.2) is 0 Å². The SMILES string of the molecule is O=C(CC1COCCN1)NS(=O)(=O)C1CC1. The molecule has 92 valence electrons. The molecule has 2 aliphatic rings. The van der Waals surface area contributed by atoms with Crippen LogP contribution in [0.25, 0.3) is 0 Å². The summed E-state index contributed by atoms with van der Waals surface area (Å²) in [5, 5.41) is 2.75. The van der Waals surface area contributed by atoms with Crippen molar-refractivity contribution in [1.82, 2.24) is 10.0 Å². The molecular formula is C9H16N2O4S. The van der Waals surface area contributed by atoms with Crippen LogP contribution in [-0.4, -0.2) is 45.4 Å². The second kappa shape index (κ2) is 4.68. The zero-order valence-electron chi connectivity index (χ0n) is 8.94. The van der Waals surface area contributed by atoms with Crippen molar-refractivity contribution in [2.24, 2.45) is 0 Å². The van der Waals surface area contributed by atoms with Gasteiger partial charge in [-0.15, -0.1) is 0 Å². The summed E-state index contributed by atoms with van der Waals surface area (Å²) in [6.45, 7) is 1.79. The topological polar surface area (TPSA) is 84.5 Å². The molecule has 1 unspecified atom stereocenters. The lowest BCUT2D eigenvalue weighted by atomic mass is 10.2. The first-order valence-electron chi connectivity index (χ1n) is 5.43. The van der Waals surface area contributed by atoms with Gasteiger partial charge in [0.1, 0.15) is 0 Å². The average Bonchev–Trinajstić information content (AvgIpc) is 3.01. The third-order valence-electron chi connectivity index (χ3n) is 2.65. The molecule has 2 N–H and O–H groups in total. The van der Waals surface area contributed by atoms with Gasteiger partial charge in [-0.25, -0.2) is 8.42 Å². The minimum absolute atomic E-state index is 0.0804. The fraction of sp³-hybridized carbons (Fsp3) is 0.889. The number of rotatable bonds is 4. The van der Waals surface area contributed by atoms with Crippen LogP contribution in [0.5, 0.6) is 0 Å². The molecule has 6 nitrogen and oxygen atoms in total. The Morgan fingerprint density at radius 3 is 2.75 bits per heavy atom. The Balaban J connectivity index is 1.79. The van der Waals surface area contributed by atoms with Crippen LogP contribution in [0.15, 0.2) is 0 Å². The predicted molar refractivity (Wildman–Crippen MR) is 57.3 cm³/mol. The second-order valence-electron chi connectivity index (χ2n) is 4.20. The highest BCUT2D eigenvalue weighted by atomic mass is 32.2. The standard InChI is InChI=1S/C9H16N2O4S/c12-9(5-7-6-15-4-3-10-7)11-16(13,14)8-1-2-8/h7-8,10H,1-6H2,(H,11,12). The molecule has 1 saturated heterocycles. The Morgan fingerprint density at radius 2 is 2.19 bits per heavy atom. The normalized spacial score (nSPS) is 26.4. The summed E-state index contributed by atoms with van der Waals surface area (Å²) in [4.78, 5) is 11.5. The van der Waals surface area contributed by atoms with E-state index in [2.05, 4.69) is 10.0 Å². The summed E-state index contributed by atoms with van der Waals surface area (Å²) in [6, 6.07) is -0.0804. The number of ether oxygens (including phenoxy) is 1. The zero-order chi connectivity index (χ0) is 11.6. The van der Waals surface area contributed by atoms with Gasteiger partial charge in [-0.3, -0.25) is 9.52 Å². The van der Waals surface area contributed by atoms with Crippen LogP contribution in [0.3, 0.4) is 0 Å². The molecule has 1 saturated carbocycles. The van der Waals surface area contributed by atoms with Gasteiger partial charge < -0.3 is 10.1 Å². The molecule has 1 aliphatic heterocycles. The number of carbonyl (C=O) groups excluding carboxylic acids is 1. The Kier molecular flexibility index (Phi) is 3.46. The number of hydrogen-bond acceptors (Lipinski definition) is 5. The van der Waals surface area contributed by atoms with E-state index in [9.17, 15) is 13.2 Å². The van der Waals surface area contributed by atoms with E-state index in [0.717, 1.165) is 0 Å². The van der Waals surface area contributed by atoms with Gasteiger partial charge in [-0.05, 0) is 12.8 Å². The van der Waals surface area contributed by atoms with Crippen molar-refractivity contribution in [3.63, 3.8) is 0 Å². The van der Waals surface area contributed by atoms with Gasteiger partial charge in [-0.1, -0.05) is 0 Å². The number of morpholine rings is 1. The minimum Gasteiger partial charge on any atom is -0.378 e. The summed E-state index contributed by atoms with van der Waals surface area (Å²) in [7, 11) is -3.41. The fourth-order valence-corrected chi connectivity index (χ4v) is 2.96. The molecule has 0 aromatic rings. The van der Waals surface area contributed by atoms with Crippen molar-refractivity contribution < 1.29 is 17.9 Å². The molecule has 0 spiro atoms. The van der Waals surface area contributed by atoms with E-state index >= 15 is 0 Å². The van der Waals surface area contributed by atoms with E-state index in [1.165, 1.54) is 0 Å². The lowest BCUT2D eigenvalue weighted by molar-refractivity contribution is -0.120. The van der Waals surface area contributed by atoms with Crippen molar-refractivity contribution in [2.45, 2.75) is 30.6 Å². The van der Waals surface area contributed by atoms with Gasteiger partial charge >= 0.3 is 0 Å². The van der Waals surface area contributed by atoms with Gasteiger partial charge in [0.05, 0.1) is 18.5 Å². The first kappa shape index (κ1) is 11.8. The molecule has 2 rings (SSSR count). The molecule has 2 fully saturated rings. The molecule has 0 aromatic heterocycles. The summed E-state index contributed by atoms with van der Waals surface area (Å²) in [6.07, 6.45) is 1.47. The molecule has 1 atom stereocenters. The Hall–Kier alpha value is -0.660. The van der Waals surface area contributed by atoms with Crippen molar-refractivity contribution in [1.29, 1.82) is 0 Å². The quantitative estimate of drug-likeness (QED) is 0.665. The molecule has 7 heteroatoms. The molecule has 0 bridgehead atoms. The summed E-state index contributed by atoms with van der Waals surface area (Å²) < 4.78 is 30.2. The summed E-state index contributed by atoms with van der Waals surface area (Å²) >= 11 is 0. The molecular weight excluding hydrogens is 232 g/mol. The first-order valence-corrected chi connectivity index (χ1v) is 6.98. The third kappa shape index (κ3) is 3.16. The van der Waals surface area contributed by atoms with E-state index in [-0.39, 0.29) is 17.7 Å². The highest BCUT2D eigenvalue weighted by Crippen LogP contribution is 2.27. The maximum Gasteiger partial charge on any atom is 0.237 e. The molecule has 0 radical (unpaired) electrons. The van der Waals surface area contributed by atoms with Crippen LogP contribution in [-0.2, 0) is 19.6 Å². The lowest BCUT2D eigenvalue weighted by Crippen LogP contribution is -2.45. The van der Waals surface area contributed by atoms with E-state index < -0.39 is 15.9 Å². The maximum atomic E-state index is 11.5. The van der Waals surface area contributed by atoms with E-state index in [1.54, 1.807) is 0 Å². The molecule has 1 aliphatic carbocycles. The van der Waals surface area contributed by atoms with Gasteiger partial charge in [0.25, 0.3) is 0 Å². The second-order valence-corrected chi connectivity index (χ2v) is 6.16. The van der Waals surface area contributed by atoms with Crippen LogP contribution in [0.4, 0.5) is 0 Å². The predicted octanol–water partition coefficient (Wildman–Crippen LogP) is -1.03. The van der Waals surface area contributed by atoms with Crippen molar-refractivity contribution in [3.05, 3.63) is 0 Å². The van der Waals surface area contributed by atoms with Crippen LogP contribution < -0.4 is 10.0 Å². The zero-order valence-corrected chi connectivity index (χ0v) is 9.76. The minimum atomic E-state index is -3.41. The van der Waals surface area contributed by atoms with E-state index in [0.29, 0.717) is 32.6 Å². The highest BCUT2D eigenvalue weighted by Gasteiger charge is 2.37. The molecule has 1 amide bonds. The van der Waals surface area contributed by atoms with Gasteiger partial charge in [-0.2, -0.15) is 0 Å². The summed E-state index contributed by atoms with van der Waals surface area (Å²) in [5.74, 6) is -0.449. The lowest BCUT2D eigenvalue weighted by Gasteiger charge is -2.23. The van der Waals surface area contributed by atoms with Crippen LogP contribution in [0, 0.1) is 0 Å². The number of hydrogen-bond donors (Lipinski definition) is 2. The molecule has 16 heavy (non-hydrogen) atoms. The Morgan fingerprint density at radius 1 is 1.44 bits per heavy atom. The van der Waals surface area contributed by atoms with Crippen LogP contribution >= 0.6 is 0 Å². The van der Waals surface area contributed by atoms with Crippen molar-refractivity contribution >= 4 is 15.9 Å². The maximum absolute atomic E-state index is 11.5. The number of sulfonamides is 1. The van der Waals surface area contributed by atoms with E-state index in [1.807, 2.05) is 0 Å². The average molecular weight is 248 g/mol. The highest BCUT2D eigenvalue weighted by molar-refractivity contribution is 7.90. The monoisotopic (exact) mass is 248 g/mol. The van der Waals surface area contributed by atoms with Gasteiger partial charge in [0, 0.05) is 19.0 Å². The Bertz CT molecular complexity index is 358. The van der Waals surface area contributed by atoms with Gasteiger partial charge in [0.2, 0.25) is 15.9 Å². The van der Waals surface area contributed by atoms with Crippen LogP contribution in [0.1, 0.15) is 19.3 Å². The number of nitrogens with one attached hydrogen (secondary N) is 2. The molecule has 0 aromatic carbocycles. The largest absolute Gasteiger partial charge is 0.378 e. The van der Waals surface area contributed by atoms with Crippen LogP contribution in [0.2, 0.25) is 0 Å². The van der Waals surface area contributed by atoms with Crippen molar-refractivity contribution in [3.8, 4) is 0 Å². The first-order chi connectivity index (χ1) is 7.58. The third-order valence-corrected chi connectivity index (χ3v) is 4.51. The number of amides is 1. The smallest absolute Gasteiger partial charge is 0.237 e. The Labute approximate surface area is 94.8 Å². The number of carbonyl (C=O) groups is 1. The molecule has 1 heterocycles. The van der Waals surface area contributed by atoms with E-state index in [4.69, 9.17) is 4.74 Å².